The third-order valence-electron chi connectivity index (χ3n) is 3.23. The Morgan fingerprint density at radius 2 is 2.04 bits per heavy atom. The molecule has 1 aliphatic rings. The van der Waals surface area contributed by atoms with Crippen molar-refractivity contribution < 1.29 is 23.9 Å². The number of halogens is 2. The monoisotopic (exact) mass is 369 g/mol. The van der Waals surface area contributed by atoms with E-state index in [4.69, 9.17) is 37.4 Å². The van der Waals surface area contributed by atoms with Crippen molar-refractivity contribution in [1.82, 2.24) is 0 Å². The Hall–Kier alpha value is -2.51. The second-order valence-electron chi connectivity index (χ2n) is 4.81. The van der Waals surface area contributed by atoms with Gasteiger partial charge in [-0.2, -0.15) is 0 Å². The van der Waals surface area contributed by atoms with Gasteiger partial charge in [-0.05, 0) is 29.8 Å². The summed E-state index contributed by atoms with van der Waals surface area (Å²) >= 11 is 11.8. The fraction of sp³-hybridized carbons (Fsp3) is 0.133. The Bertz CT molecular complexity index is 839. The average molecular weight is 370 g/mol. The van der Waals surface area contributed by atoms with Crippen molar-refractivity contribution >= 4 is 34.9 Å². The van der Waals surface area contributed by atoms with Crippen LogP contribution in [0.15, 0.2) is 30.3 Å². The van der Waals surface area contributed by atoms with Crippen LogP contribution in [0, 0.1) is 10.1 Å². The second kappa shape index (κ2) is 6.54. The van der Waals surface area contributed by atoms with Gasteiger partial charge in [-0.1, -0.05) is 23.2 Å². The average Bonchev–Trinajstić information content (AvgIpc) is 3.01. The van der Waals surface area contributed by atoms with Crippen LogP contribution in [0.3, 0.4) is 0 Å². The summed E-state index contributed by atoms with van der Waals surface area (Å²) < 4.78 is 15.5. The van der Waals surface area contributed by atoms with E-state index in [-0.39, 0.29) is 29.7 Å². The maximum absolute atomic E-state index is 12.1. The van der Waals surface area contributed by atoms with Crippen molar-refractivity contribution in [3.8, 4) is 11.5 Å². The van der Waals surface area contributed by atoms with Crippen molar-refractivity contribution in [2.24, 2.45) is 0 Å². The number of ether oxygens (including phenoxy) is 3. The number of rotatable bonds is 4. The van der Waals surface area contributed by atoms with E-state index in [2.05, 4.69) is 0 Å². The standard InChI is InChI=1S/C15H9Cl2NO6/c16-9-1-2-12(18(20)21)10(5-9)15(19)22-6-8-3-11(17)14-13(4-8)23-7-24-14/h1-5H,6-7H2. The lowest BCUT2D eigenvalue weighted by Crippen LogP contribution is -2.08. The zero-order chi connectivity index (χ0) is 17.3. The predicted octanol–water partition coefficient (Wildman–Crippen LogP) is 3.99. The molecule has 1 aliphatic heterocycles. The molecule has 24 heavy (non-hydrogen) atoms. The lowest BCUT2D eigenvalue weighted by Gasteiger charge is -2.07. The first kappa shape index (κ1) is 16.4. The van der Waals surface area contributed by atoms with Crippen LogP contribution in [0.2, 0.25) is 10.0 Å². The highest BCUT2D eigenvalue weighted by molar-refractivity contribution is 6.32. The van der Waals surface area contributed by atoms with E-state index < -0.39 is 10.9 Å². The smallest absolute Gasteiger partial charge is 0.345 e. The van der Waals surface area contributed by atoms with Crippen LogP contribution in [0.5, 0.6) is 11.5 Å². The highest BCUT2D eigenvalue weighted by Gasteiger charge is 2.23. The molecule has 2 aromatic rings. The van der Waals surface area contributed by atoms with E-state index >= 15 is 0 Å². The molecule has 9 heteroatoms. The molecule has 1 heterocycles. The maximum atomic E-state index is 12.1. The first-order valence-electron chi connectivity index (χ1n) is 6.65. The quantitative estimate of drug-likeness (QED) is 0.460. The van der Waals surface area contributed by atoms with Gasteiger partial charge in [0, 0.05) is 11.1 Å². The third-order valence-corrected chi connectivity index (χ3v) is 3.75. The van der Waals surface area contributed by atoms with Gasteiger partial charge < -0.3 is 14.2 Å². The molecule has 0 N–H and O–H groups in total. The molecule has 0 saturated carbocycles. The molecule has 7 nitrogen and oxygen atoms in total. The van der Waals surface area contributed by atoms with Crippen LogP contribution >= 0.6 is 23.2 Å². The summed E-state index contributed by atoms with van der Waals surface area (Å²) in [5.74, 6) is 0.0116. The first-order chi connectivity index (χ1) is 11.5. The van der Waals surface area contributed by atoms with Gasteiger partial charge in [0.15, 0.2) is 11.5 Å². The van der Waals surface area contributed by atoms with Gasteiger partial charge in [0.2, 0.25) is 6.79 Å². The number of nitro benzene ring substituents is 1. The zero-order valence-corrected chi connectivity index (χ0v) is 13.5. The Kier molecular flexibility index (Phi) is 4.46. The van der Waals surface area contributed by atoms with Gasteiger partial charge >= 0.3 is 5.97 Å². The summed E-state index contributed by atoms with van der Waals surface area (Å²) in [6.45, 7) is -0.0775. The minimum absolute atomic E-state index is 0.0625. The Balaban J connectivity index is 1.78. The van der Waals surface area contributed by atoms with Gasteiger partial charge in [0.25, 0.3) is 5.69 Å². The fourth-order valence-electron chi connectivity index (χ4n) is 2.16. The first-order valence-corrected chi connectivity index (χ1v) is 7.40. The molecule has 0 fully saturated rings. The van der Waals surface area contributed by atoms with Crippen molar-refractivity contribution in [1.29, 1.82) is 0 Å². The largest absolute Gasteiger partial charge is 0.457 e. The van der Waals surface area contributed by atoms with Gasteiger partial charge in [-0.15, -0.1) is 0 Å². The predicted molar refractivity (Wildman–Crippen MR) is 84.8 cm³/mol. The summed E-state index contributed by atoms with van der Waals surface area (Å²) in [5, 5.41) is 11.5. The number of nitrogens with zero attached hydrogens (tertiary/aromatic N) is 1. The van der Waals surface area contributed by atoms with E-state index in [0.717, 1.165) is 6.07 Å². The zero-order valence-electron chi connectivity index (χ0n) is 12.0. The number of benzene rings is 2. The van der Waals surface area contributed by atoms with Crippen LogP contribution in [0.1, 0.15) is 15.9 Å². The molecular formula is C15H9Cl2NO6. The molecule has 0 bridgehead atoms. The second-order valence-corrected chi connectivity index (χ2v) is 5.65. The van der Waals surface area contributed by atoms with Gasteiger partial charge in [-0.25, -0.2) is 4.79 Å². The number of carbonyl (C=O) groups is 1. The summed E-state index contributed by atoms with van der Waals surface area (Å²) in [6, 6.07) is 6.85. The van der Waals surface area contributed by atoms with Crippen LogP contribution < -0.4 is 9.47 Å². The van der Waals surface area contributed by atoms with Crippen LogP contribution in [0.4, 0.5) is 5.69 Å². The van der Waals surface area contributed by atoms with E-state index in [1.54, 1.807) is 12.1 Å². The molecular weight excluding hydrogens is 361 g/mol. The minimum atomic E-state index is -0.863. The van der Waals surface area contributed by atoms with Gasteiger partial charge in [0.1, 0.15) is 12.2 Å². The molecule has 3 rings (SSSR count). The summed E-state index contributed by atoms with van der Waals surface area (Å²) in [4.78, 5) is 22.5. The summed E-state index contributed by atoms with van der Waals surface area (Å²) in [5.41, 5.74) is -0.0465. The molecule has 0 amide bonds. The summed E-state index contributed by atoms with van der Waals surface area (Å²) in [7, 11) is 0. The number of hydrogen-bond donors (Lipinski definition) is 0. The number of carbonyl (C=O) groups excluding carboxylic acids is 1. The lowest BCUT2D eigenvalue weighted by molar-refractivity contribution is -0.385. The molecule has 0 aromatic heterocycles. The van der Waals surface area contributed by atoms with E-state index in [1.165, 1.54) is 12.1 Å². The van der Waals surface area contributed by atoms with Crippen molar-refractivity contribution in [2.75, 3.05) is 6.79 Å². The number of fused-ring (bicyclic) bond motifs is 1. The third kappa shape index (κ3) is 3.22. The minimum Gasteiger partial charge on any atom is -0.457 e. The molecule has 0 atom stereocenters. The molecule has 0 saturated heterocycles. The molecule has 0 spiro atoms. The molecule has 0 aliphatic carbocycles. The van der Waals surface area contributed by atoms with E-state index in [9.17, 15) is 14.9 Å². The van der Waals surface area contributed by atoms with Crippen LogP contribution in [0.25, 0.3) is 0 Å². The Morgan fingerprint density at radius 3 is 2.79 bits per heavy atom. The number of hydrogen-bond acceptors (Lipinski definition) is 6. The molecule has 2 aromatic carbocycles. The van der Waals surface area contributed by atoms with Crippen molar-refractivity contribution in [2.45, 2.75) is 6.61 Å². The van der Waals surface area contributed by atoms with Gasteiger partial charge in [0.05, 0.1) is 9.95 Å². The molecule has 0 radical (unpaired) electrons. The van der Waals surface area contributed by atoms with Gasteiger partial charge in [-0.3, -0.25) is 10.1 Å². The topological polar surface area (TPSA) is 87.9 Å². The molecule has 0 unspecified atom stereocenters. The highest BCUT2D eigenvalue weighted by Crippen LogP contribution is 2.40. The molecule has 124 valence electrons. The number of esters is 1. The SMILES string of the molecule is O=C(OCc1cc(Cl)c2c(c1)OCO2)c1cc(Cl)ccc1[N+](=O)[O-]. The van der Waals surface area contributed by atoms with Crippen molar-refractivity contribution in [3.05, 3.63) is 61.6 Å². The lowest BCUT2D eigenvalue weighted by atomic mass is 10.2. The van der Waals surface area contributed by atoms with Crippen LogP contribution in [-0.2, 0) is 11.3 Å². The Morgan fingerprint density at radius 1 is 1.25 bits per heavy atom. The maximum Gasteiger partial charge on any atom is 0.345 e. The summed E-state index contributed by atoms with van der Waals surface area (Å²) in [6.07, 6.45) is 0. The highest BCUT2D eigenvalue weighted by atomic mass is 35.5. The normalized spacial score (nSPS) is 12.1. The number of nitro groups is 1. The van der Waals surface area contributed by atoms with Crippen molar-refractivity contribution in [3.63, 3.8) is 0 Å². The fourth-order valence-corrected chi connectivity index (χ4v) is 2.62. The van der Waals surface area contributed by atoms with Crippen LogP contribution in [-0.4, -0.2) is 17.7 Å². The Labute approximate surface area is 145 Å². The van der Waals surface area contributed by atoms with E-state index in [0.29, 0.717) is 22.1 Å². The van der Waals surface area contributed by atoms with E-state index in [1.807, 2.05) is 0 Å².